The second-order valence-corrected chi connectivity index (χ2v) is 7.72. The number of hydrogen-bond acceptors (Lipinski definition) is 4. The van der Waals surface area contributed by atoms with Crippen LogP contribution in [0.25, 0.3) is 10.9 Å². The maximum absolute atomic E-state index is 12.7. The summed E-state index contributed by atoms with van der Waals surface area (Å²) in [5.41, 5.74) is 2.46. The molecule has 1 saturated heterocycles. The first-order valence-corrected chi connectivity index (χ1v) is 8.65. The molecular weight excluding hydrogens is 300 g/mol. The Balaban J connectivity index is 1.68. The molecule has 2 heterocycles. The number of fused-ring (bicyclic) bond motifs is 2. The van der Waals surface area contributed by atoms with E-state index < -0.39 is 5.54 Å². The Labute approximate surface area is 142 Å². The first kappa shape index (κ1) is 15.5. The number of benzene rings is 1. The van der Waals surface area contributed by atoms with E-state index in [2.05, 4.69) is 33.6 Å². The molecule has 126 valence electrons. The van der Waals surface area contributed by atoms with E-state index in [-0.39, 0.29) is 11.8 Å². The Morgan fingerprint density at radius 1 is 1.21 bits per heavy atom. The van der Waals surface area contributed by atoms with Crippen LogP contribution >= 0.6 is 0 Å². The topological polar surface area (TPSA) is 66.9 Å². The Morgan fingerprint density at radius 2 is 1.92 bits per heavy atom. The maximum atomic E-state index is 12.7. The molecule has 5 nitrogen and oxygen atoms in total. The van der Waals surface area contributed by atoms with Crippen LogP contribution in [0.2, 0.25) is 0 Å². The summed E-state index contributed by atoms with van der Waals surface area (Å²) in [4.78, 5) is 22.0. The monoisotopic (exact) mass is 324 g/mol. The van der Waals surface area contributed by atoms with Crippen LogP contribution in [0.15, 0.2) is 18.2 Å². The third kappa shape index (κ3) is 2.38. The van der Waals surface area contributed by atoms with Gasteiger partial charge in [-0.3, -0.25) is 4.79 Å². The average Bonchev–Trinajstić information content (AvgIpc) is 3.01. The second-order valence-electron chi connectivity index (χ2n) is 7.72. The lowest BCUT2D eigenvalue weighted by Crippen LogP contribution is -2.44. The molecular formula is C19H24N4O. The summed E-state index contributed by atoms with van der Waals surface area (Å²) >= 11 is 0. The van der Waals surface area contributed by atoms with Gasteiger partial charge in [-0.05, 0) is 58.2 Å². The fourth-order valence-electron chi connectivity index (χ4n) is 4.14. The van der Waals surface area contributed by atoms with Gasteiger partial charge in [0.1, 0.15) is 5.82 Å². The second kappa shape index (κ2) is 5.24. The minimum absolute atomic E-state index is 0.161. The molecule has 1 amide bonds. The highest BCUT2D eigenvalue weighted by Crippen LogP contribution is 2.49. The molecule has 5 heteroatoms. The largest absolute Gasteiger partial charge is 0.345 e. The predicted molar refractivity (Wildman–Crippen MR) is 93.5 cm³/mol. The minimum Gasteiger partial charge on any atom is -0.345 e. The number of rotatable bonds is 3. The van der Waals surface area contributed by atoms with Crippen molar-refractivity contribution in [1.82, 2.24) is 20.6 Å². The van der Waals surface area contributed by atoms with Crippen LogP contribution in [-0.4, -0.2) is 29.0 Å². The van der Waals surface area contributed by atoms with Crippen LogP contribution in [-0.2, 0) is 10.3 Å². The fraction of sp³-hybridized carbons (Fsp3) is 0.526. The fourth-order valence-corrected chi connectivity index (χ4v) is 4.14. The van der Waals surface area contributed by atoms with Crippen molar-refractivity contribution < 1.29 is 4.79 Å². The summed E-state index contributed by atoms with van der Waals surface area (Å²) in [6.07, 6.45) is 0. The van der Waals surface area contributed by atoms with Crippen molar-refractivity contribution in [2.45, 2.75) is 33.2 Å². The normalized spacial score (nSPS) is 25.6. The van der Waals surface area contributed by atoms with Crippen LogP contribution in [0.1, 0.15) is 30.9 Å². The Hall–Kier alpha value is -2.01. The molecule has 1 aromatic heterocycles. The number of hydrogen-bond donors (Lipinski definition) is 2. The number of piperidine rings is 1. The first-order chi connectivity index (χ1) is 11.4. The molecule has 2 N–H and O–H groups in total. The van der Waals surface area contributed by atoms with E-state index in [4.69, 9.17) is 0 Å². The number of nitrogens with one attached hydrogen (secondary N) is 2. The molecule has 4 rings (SSSR count). The lowest BCUT2D eigenvalue weighted by Gasteiger charge is -2.28. The molecule has 24 heavy (non-hydrogen) atoms. The number of amides is 1. The molecule has 1 aliphatic carbocycles. The molecule has 2 aliphatic rings. The molecule has 2 aromatic rings. The van der Waals surface area contributed by atoms with Crippen LogP contribution in [0.3, 0.4) is 0 Å². The quantitative estimate of drug-likeness (QED) is 0.907. The molecule has 0 radical (unpaired) electrons. The lowest BCUT2D eigenvalue weighted by atomic mass is 9.94. The number of aryl methyl sites for hydroxylation is 2. The zero-order chi connectivity index (χ0) is 17.1. The molecule has 2 unspecified atom stereocenters. The number of carbonyl (C=O) groups is 1. The molecule has 0 spiro atoms. The Morgan fingerprint density at radius 3 is 2.62 bits per heavy atom. The van der Waals surface area contributed by atoms with Gasteiger partial charge in [-0.25, -0.2) is 9.97 Å². The van der Waals surface area contributed by atoms with Crippen LogP contribution in [0.5, 0.6) is 0 Å². The van der Waals surface area contributed by atoms with Gasteiger partial charge < -0.3 is 10.6 Å². The Bertz CT molecular complexity index is 819. The van der Waals surface area contributed by atoms with Gasteiger partial charge in [0.25, 0.3) is 0 Å². The van der Waals surface area contributed by atoms with E-state index in [1.54, 1.807) is 0 Å². The lowest BCUT2D eigenvalue weighted by molar-refractivity contribution is -0.124. The van der Waals surface area contributed by atoms with E-state index in [1.165, 1.54) is 0 Å². The van der Waals surface area contributed by atoms with Gasteiger partial charge in [0.05, 0.1) is 16.7 Å². The summed E-state index contributed by atoms with van der Waals surface area (Å²) in [6, 6.07) is 6.12. The number of nitrogens with zero attached hydrogens (tertiary/aromatic N) is 2. The Kier molecular flexibility index (Phi) is 3.39. The van der Waals surface area contributed by atoms with Gasteiger partial charge in [0.2, 0.25) is 5.91 Å². The highest BCUT2D eigenvalue weighted by molar-refractivity contribution is 5.87. The number of aromatic nitrogens is 2. The van der Waals surface area contributed by atoms with Crippen molar-refractivity contribution in [3.63, 3.8) is 0 Å². The van der Waals surface area contributed by atoms with Gasteiger partial charge in [0.15, 0.2) is 0 Å². The summed E-state index contributed by atoms with van der Waals surface area (Å²) in [5, 5.41) is 7.60. The summed E-state index contributed by atoms with van der Waals surface area (Å²) in [6.45, 7) is 9.97. The van der Waals surface area contributed by atoms with Gasteiger partial charge in [-0.1, -0.05) is 18.2 Å². The molecule has 2 fully saturated rings. The molecule has 0 bridgehead atoms. The molecule has 1 aliphatic heterocycles. The maximum Gasteiger partial charge on any atom is 0.224 e. The molecule has 3 atom stereocenters. The zero-order valence-corrected chi connectivity index (χ0v) is 14.7. The van der Waals surface area contributed by atoms with Crippen LogP contribution in [0, 0.1) is 31.6 Å². The molecule has 1 aromatic carbocycles. The van der Waals surface area contributed by atoms with Crippen molar-refractivity contribution in [2.75, 3.05) is 13.1 Å². The van der Waals surface area contributed by atoms with E-state index >= 15 is 0 Å². The minimum atomic E-state index is -0.527. The third-order valence-electron chi connectivity index (χ3n) is 5.46. The van der Waals surface area contributed by atoms with Crippen LogP contribution < -0.4 is 10.6 Å². The van der Waals surface area contributed by atoms with Crippen molar-refractivity contribution in [1.29, 1.82) is 0 Å². The van der Waals surface area contributed by atoms with E-state index in [0.717, 1.165) is 41.1 Å². The van der Waals surface area contributed by atoms with Crippen molar-refractivity contribution in [2.24, 2.45) is 17.8 Å². The summed E-state index contributed by atoms with van der Waals surface area (Å²) in [7, 11) is 0. The number of para-hydroxylation sites is 1. The predicted octanol–water partition coefficient (Wildman–Crippen LogP) is 2.06. The van der Waals surface area contributed by atoms with Gasteiger partial charge in [-0.15, -0.1) is 0 Å². The summed E-state index contributed by atoms with van der Waals surface area (Å²) < 4.78 is 0. The standard InChI is InChI=1S/C19H24N4O/c1-10-6-5-7-12-16(10)21-11(2)22-17(12)19(3,4)23-18(24)15-13-8-20-9-14(13)15/h5-7,13-15,20H,8-9H2,1-4H3,(H,23,24)/t13-,14?,15?/m0/s1. The van der Waals surface area contributed by atoms with E-state index in [9.17, 15) is 4.79 Å². The number of carbonyl (C=O) groups excluding carboxylic acids is 1. The average molecular weight is 324 g/mol. The van der Waals surface area contributed by atoms with Crippen molar-refractivity contribution in [3.05, 3.63) is 35.3 Å². The highest BCUT2D eigenvalue weighted by atomic mass is 16.2. The van der Waals surface area contributed by atoms with E-state index in [0.29, 0.717) is 11.8 Å². The highest BCUT2D eigenvalue weighted by Gasteiger charge is 2.57. The third-order valence-corrected chi connectivity index (χ3v) is 5.46. The van der Waals surface area contributed by atoms with Gasteiger partial charge in [0, 0.05) is 11.3 Å². The van der Waals surface area contributed by atoms with Crippen LogP contribution in [0.4, 0.5) is 0 Å². The van der Waals surface area contributed by atoms with E-state index in [1.807, 2.05) is 32.9 Å². The summed E-state index contributed by atoms with van der Waals surface area (Å²) in [5.74, 6) is 2.11. The smallest absolute Gasteiger partial charge is 0.224 e. The zero-order valence-electron chi connectivity index (χ0n) is 14.7. The van der Waals surface area contributed by atoms with Crippen molar-refractivity contribution in [3.8, 4) is 0 Å². The van der Waals surface area contributed by atoms with Crippen molar-refractivity contribution >= 4 is 16.8 Å². The van der Waals surface area contributed by atoms with Gasteiger partial charge >= 0.3 is 0 Å². The first-order valence-electron chi connectivity index (χ1n) is 8.65. The van der Waals surface area contributed by atoms with Gasteiger partial charge in [-0.2, -0.15) is 0 Å². The SMILES string of the molecule is Cc1nc(C(C)(C)NC(=O)C2C3CNC[C@@H]32)c2cccc(C)c2n1. The molecule has 1 saturated carbocycles.